The van der Waals surface area contributed by atoms with Crippen molar-refractivity contribution in [2.24, 2.45) is 5.73 Å². The predicted molar refractivity (Wildman–Crippen MR) is 63.7 cm³/mol. The lowest BCUT2D eigenvalue weighted by atomic mass is 10.1. The first-order valence-electron chi connectivity index (χ1n) is 4.29. The van der Waals surface area contributed by atoms with Gasteiger partial charge >= 0.3 is 0 Å². The maximum absolute atomic E-state index is 10.8. The maximum atomic E-state index is 10.8. The van der Waals surface area contributed by atoms with Crippen LogP contribution in [0.3, 0.4) is 0 Å². The van der Waals surface area contributed by atoms with E-state index in [0.717, 1.165) is 11.1 Å². The second kappa shape index (κ2) is 5.06. The molecular formula is C10H10Cl3NO. The quantitative estimate of drug-likeness (QED) is 0.840. The lowest BCUT2D eigenvalue weighted by Crippen LogP contribution is -2.25. The number of nitrogens with two attached hydrogens (primary N) is 1. The monoisotopic (exact) mass is 265 g/mol. The van der Waals surface area contributed by atoms with Crippen LogP contribution in [0.2, 0.25) is 10.0 Å². The first-order chi connectivity index (χ1) is 6.91. The molecule has 2 nitrogen and oxygen atoms in total. The summed E-state index contributed by atoms with van der Waals surface area (Å²) in [6, 6.07) is 3.45. The van der Waals surface area contributed by atoms with Gasteiger partial charge in [0, 0.05) is 10.0 Å². The summed E-state index contributed by atoms with van der Waals surface area (Å²) >= 11 is 17.6. The van der Waals surface area contributed by atoms with Crippen molar-refractivity contribution >= 4 is 40.7 Å². The zero-order valence-corrected chi connectivity index (χ0v) is 10.3. The lowest BCUT2D eigenvalue weighted by molar-refractivity contribution is -0.117. The van der Waals surface area contributed by atoms with Crippen LogP contribution < -0.4 is 5.73 Å². The third kappa shape index (κ3) is 3.26. The van der Waals surface area contributed by atoms with E-state index in [-0.39, 0.29) is 6.42 Å². The molecule has 5 heteroatoms. The average Bonchev–Trinajstić information content (AvgIpc) is 2.13. The van der Waals surface area contributed by atoms with Gasteiger partial charge in [-0.1, -0.05) is 23.2 Å². The molecule has 15 heavy (non-hydrogen) atoms. The first kappa shape index (κ1) is 12.6. The summed E-state index contributed by atoms with van der Waals surface area (Å²) in [6.45, 7) is 1.85. The molecule has 1 rings (SSSR count). The van der Waals surface area contributed by atoms with Crippen molar-refractivity contribution in [1.29, 1.82) is 0 Å². The zero-order chi connectivity index (χ0) is 11.6. The van der Waals surface area contributed by atoms with Crippen molar-refractivity contribution in [2.45, 2.75) is 18.7 Å². The van der Waals surface area contributed by atoms with Gasteiger partial charge in [0.2, 0.25) is 5.91 Å². The van der Waals surface area contributed by atoms with Crippen LogP contribution in [0.4, 0.5) is 0 Å². The van der Waals surface area contributed by atoms with Crippen molar-refractivity contribution in [3.63, 3.8) is 0 Å². The SMILES string of the molecule is Cc1cc(Cl)c(CC(Cl)C(N)=O)cc1Cl. The molecule has 0 radical (unpaired) electrons. The third-order valence-electron chi connectivity index (χ3n) is 2.04. The second-order valence-corrected chi connectivity index (χ2v) is 4.61. The number of halogens is 3. The van der Waals surface area contributed by atoms with Crippen LogP contribution in [0, 0.1) is 6.92 Å². The van der Waals surface area contributed by atoms with Gasteiger partial charge in [-0.2, -0.15) is 0 Å². The van der Waals surface area contributed by atoms with E-state index < -0.39 is 11.3 Å². The minimum atomic E-state index is -0.763. The van der Waals surface area contributed by atoms with E-state index in [9.17, 15) is 4.79 Å². The van der Waals surface area contributed by atoms with Crippen LogP contribution in [0.5, 0.6) is 0 Å². The molecule has 1 unspecified atom stereocenters. The highest BCUT2D eigenvalue weighted by molar-refractivity contribution is 6.34. The summed E-state index contributed by atoms with van der Waals surface area (Å²) in [6.07, 6.45) is 0.287. The normalized spacial score (nSPS) is 12.5. The van der Waals surface area contributed by atoms with Gasteiger partial charge in [0.25, 0.3) is 0 Å². The Morgan fingerprint density at radius 3 is 2.53 bits per heavy atom. The Bertz CT molecular complexity index is 392. The molecule has 0 aliphatic carbocycles. The van der Waals surface area contributed by atoms with E-state index >= 15 is 0 Å². The van der Waals surface area contributed by atoms with Crippen LogP contribution in [0.25, 0.3) is 0 Å². The van der Waals surface area contributed by atoms with Crippen LogP contribution in [0.1, 0.15) is 11.1 Å². The number of primary amides is 1. The number of hydrogen-bond donors (Lipinski definition) is 1. The van der Waals surface area contributed by atoms with Crippen molar-refractivity contribution < 1.29 is 4.79 Å². The Balaban J connectivity index is 2.95. The molecule has 0 spiro atoms. The highest BCUT2D eigenvalue weighted by Gasteiger charge is 2.15. The number of hydrogen-bond acceptors (Lipinski definition) is 1. The summed E-state index contributed by atoms with van der Waals surface area (Å²) in [4.78, 5) is 10.8. The number of carbonyl (C=O) groups excluding carboxylic acids is 1. The van der Waals surface area contributed by atoms with Gasteiger partial charge in [-0.3, -0.25) is 4.79 Å². The van der Waals surface area contributed by atoms with E-state index in [4.69, 9.17) is 40.5 Å². The molecule has 0 saturated carbocycles. The number of alkyl halides is 1. The molecule has 2 N–H and O–H groups in total. The van der Waals surface area contributed by atoms with E-state index in [1.165, 1.54) is 0 Å². The Hall–Kier alpha value is -0.440. The summed E-state index contributed by atoms with van der Waals surface area (Å²) in [5.74, 6) is -0.565. The fraction of sp³-hybridized carbons (Fsp3) is 0.300. The molecule has 1 aromatic carbocycles. The summed E-state index contributed by atoms with van der Waals surface area (Å²) < 4.78 is 0. The molecule has 0 saturated heterocycles. The van der Waals surface area contributed by atoms with Gasteiger partial charge in [-0.25, -0.2) is 0 Å². The van der Waals surface area contributed by atoms with Crippen molar-refractivity contribution in [3.05, 3.63) is 33.3 Å². The van der Waals surface area contributed by atoms with Crippen LogP contribution >= 0.6 is 34.8 Å². The van der Waals surface area contributed by atoms with Crippen molar-refractivity contribution in [2.75, 3.05) is 0 Å². The Morgan fingerprint density at radius 1 is 1.40 bits per heavy atom. The Morgan fingerprint density at radius 2 is 2.00 bits per heavy atom. The molecule has 1 amide bonds. The van der Waals surface area contributed by atoms with Crippen LogP contribution in [-0.4, -0.2) is 11.3 Å². The van der Waals surface area contributed by atoms with Gasteiger partial charge in [-0.15, -0.1) is 11.6 Å². The molecule has 0 fully saturated rings. The highest BCUT2D eigenvalue weighted by Crippen LogP contribution is 2.26. The predicted octanol–water partition coefficient (Wildman–Crippen LogP) is 2.94. The lowest BCUT2D eigenvalue weighted by Gasteiger charge is -2.09. The first-order valence-corrected chi connectivity index (χ1v) is 5.49. The molecule has 0 heterocycles. The largest absolute Gasteiger partial charge is 0.368 e. The molecule has 1 aromatic rings. The average molecular weight is 267 g/mol. The fourth-order valence-corrected chi connectivity index (χ4v) is 1.79. The smallest absolute Gasteiger partial charge is 0.235 e. The van der Waals surface area contributed by atoms with Crippen LogP contribution in [-0.2, 0) is 11.2 Å². The Labute approximate surface area is 103 Å². The molecule has 1 atom stereocenters. The minimum absolute atomic E-state index is 0.287. The standard InChI is InChI=1S/C10H10Cl3NO/c1-5-2-8(12)6(3-7(5)11)4-9(13)10(14)15/h2-3,9H,4H2,1H3,(H2,14,15). The fourth-order valence-electron chi connectivity index (χ4n) is 1.14. The van der Waals surface area contributed by atoms with Gasteiger partial charge in [0.1, 0.15) is 5.38 Å². The molecular weight excluding hydrogens is 256 g/mol. The maximum Gasteiger partial charge on any atom is 0.235 e. The Kier molecular flexibility index (Phi) is 4.26. The number of amides is 1. The van der Waals surface area contributed by atoms with E-state index in [2.05, 4.69) is 0 Å². The van der Waals surface area contributed by atoms with Gasteiger partial charge in [0.05, 0.1) is 0 Å². The van der Waals surface area contributed by atoms with E-state index in [0.29, 0.717) is 10.0 Å². The van der Waals surface area contributed by atoms with Gasteiger partial charge in [0.15, 0.2) is 0 Å². The number of rotatable bonds is 3. The van der Waals surface area contributed by atoms with E-state index in [1.807, 2.05) is 6.92 Å². The van der Waals surface area contributed by atoms with Crippen molar-refractivity contribution in [1.82, 2.24) is 0 Å². The van der Waals surface area contributed by atoms with Crippen LogP contribution in [0.15, 0.2) is 12.1 Å². The second-order valence-electron chi connectivity index (χ2n) is 3.27. The summed E-state index contributed by atoms with van der Waals surface area (Å²) in [5.41, 5.74) is 6.67. The number of carbonyl (C=O) groups is 1. The summed E-state index contributed by atoms with van der Waals surface area (Å²) in [7, 11) is 0. The van der Waals surface area contributed by atoms with Gasteiger partial charge < -0.3 is 5.73 Å². The number of benzene rings is 1. The van der Waals surface area contributed by atoms with Crippen molar-refractivity contribution in [3.8, 4) is 0 Å². The zero-order valence-electron chi connectivity index (χ0n) is 8.06. The van der Waals surface area contributed by atoms with Gasteiger partial charge in [-0.05, 0) is 36.6 Å². The number of aryl methyl sites for hydroxylation is 1. The molecule has 0 aliphatic heterocycles. The highest BCUT2D eigenvalue weighted by atomic mass is 35.5. The summed E-state index contributed by atoms with van der Waals surface area (Å²) in [5, 5.41) is 0.382. The van der Waals surface area contributed by atoms with E-state index in [1.54, 1.807) is 12.1 Å². The topological polar surface area (TPSA) is 43.1 Å². The molecule has 0 bridgehead atoms. The molecule has 82 valence electrons. The molecule has 0 aliphatic rings. The third-order valence-corrected chi connectivity index (χ3v) is 3.16. The minimum Gasteiger partial charge on any atom is -0.368 e. The molecule has 0 aromatic heterocycles.